The van der Waals surface area contributed by atoms with E-state index in [0.717, 1.165) is 11.1 Å². The molecule has 0 radical (unpaired) electrons. The van der Waals surface area contributed by atoms with Crippen molar-refractivity contribution in [3.63, 3.8) is 0 Å². The second kappa shape index (κ2) is 6.64. The van der Waals surface area contributed by atoms with E-state index >= 15 is 0 Å². The molecule has 0 aliphatic rings. The predicted octanol–water partition coefficient (Wildman–Crippen LogP) is 4.20. The highest BCUT2D eigenvalue weighted by Crippen LogP contribution is 2.23. The molecule has 3 nitrogen and oxygen atoms in total. The van der Waals surface area contributed by atoms with Gasteiger partial charge in [0.15, 0.2) is 0 Å². The quantitative estimate of drug-likeness (QED) is 0.900. The summed E-state index contributed by atoms with van der Waals surface area (Å²) in [5.41, 5.74) is 1.65. The van der Waals surface area contributed by atoms with Gasteiger partial charge in [0, 0.05) is 0 Å². The van der Waals surface area contributed by atoms with Gasteiger partial charge in [-0.1, -0.05) is 41.4 Å². The average Bonchev–Trinajstić information content (AvgIpc) is 2.41. The van der Waals surface area contributed by atoms with E-state index in [9.17, 15) is 4.79 Å². The smallest absolute Gasteiger partial charge is 0.307 e. The van der Waals surface area contributed by atoms with Crippen molar-refractivity contribution in [1.82, 2.24) is 0 Å². The topological polar surface area (TPSA) is 46.5 Å². The largest absolute Gasteiger partial charge is 0.489 e. The lowest BCUT2D eigenvalue weighted by Crippen LogP contribution is -2.00. The first-order valence-corrected chi connectivity index (χ1v) is 6.67. The molecule has 0 heterocycles. The van der Waals surface area contributed by atoms with Crippen LogP contribution in [0.25, 0.3) is 0 Å². The lowest BCUT2D eigenvalue weighted by Gasteiger charge is -2.07. The van der Waals surface area contributed by atoms with Crippen LogP contribution < -0.4 is 4.74 Å². The molecule has 0 unspecified atom stereocenters. The fourth-order valence-corrected chi connectivity index (χ4v) is 1.99. The minimum Gasteiger partial charge on any atom is -0.489 e. The van der Waals surface area contributed by atoms with Crippen molar-refractivity contribution in [2.45, 2.75) is 13.0 Å². The second-order valence-electron chi connectivity index (χ2n) is 4.25. The summed E-state index contributed by atoms with van der Waals surface area (Å²) in [5, 5.41) is 9.68. The number of carbonyl (C=O) groups is 1. The highest BCUT2D eigenvalue weighted by Gasteiger charge is 2.03. The summed E-state index contributed by atoms with van der Waals surface area (Å²) in [4.78, 5) is 10.6. The van der Waals surface area contributed by atoms with Gasteiger partial charge in [0.1, 0.15) is 12.4 Å². The van der Waals surface area contributed by atoms with Crippen LogP contribution in [0.3, 0.4) is 0 Å². The van der Waals surface area contributed by atoms with E-state index in [4.69, 9.17) is 33.0 Å². The van der Waals surface area contributed by atoms with E-state index in [1.54, 1.807) is 36.4 Å². The van der Waals surface area contributed by atoms with E-state index in [1.807, 2.05) is 6.07 Å². The summed E-state index contributed by atoms with van der Waals surface area (Å²) in [5.74, 6) is -0.181. The molecule has 20 heavy (non-hydrogen) atoms. The van der Waals surface area contributed by atoms with Crippen LogP contribution in [0.2, 0.25) is 10.0 Å². The molecule has 0 amide bonds. The summed E-state index contributed by atoms with van der Waals surface area (Å²) < 4.78 is 5.60. The van der Waals surface area contributed by atoms with E-state index < -0.39 is 5.97 Å². The Morgan fingerprint density at radius 1 is 1.00 bits per heavy atom. The number of aliphatic carboxylic acids is 1. The molecular formula is C15H12Cl2O3. The third-order valence-electron chi connectivity index (χ3n) is 2.67. The Kier molecular flexibility index (Phi) is 4.88. The van der Waals surface area contributed by atoms with Gasteiger partial charge < -0.3 is 9.84 Å². The van der Waals surface area contributed by atoms with Gasteiger partial charge in [0.25, 0.3) is 0 Å². The van der Waals surface area contributed by atoms with Crippen LogP contribution in [0.15, 0.2) is 42.5 Å². The SMILES string of the molecule is O=C(O)Cc1ccc(OCc2ccc(Cl)c(Cl)c2)cc1. The first kappa shape index (κ1) is 14.7. The fourth-order valence-electron chi connectivity index (χ4n) is 1.67. The molecule has 2 aromatic rings. The molecular weight excluding hydrogens is 299 g/mol. The van der Waals surface area contributed by atoms with Crippen molar-refractivity contribution in [2.24, 2.45) is 0 Å². The Labute approximate surface area is 126 Å². The fraction of sp³-hybridized carbons (Fsp3) is 0.133. The molecule has 2 rings (SSSR count). The molecule has 0 bridgehead atoms. The second-order valence-corrected chi connectivity index (χ2v) is 5.07. The van der Waals surface area contributed by atoms with Crippen molar-refractivity contribution in [2.75, 3.05) is 0 Å². The molecule has 0 atom stereocenters. The van der Waals surface area contributed by atoms with Crippen LogP contribution in [0, 0.1) is 0 Å². The highest BCUT2D eigenvalue weighted by molar-refractivity contribution is 6.42. The van der Waals surface area contributed by atoms with E-state index in [2.05, 4.69) is 0 Å². The number of rotatable bonds is 5. The molecule has 0 saturated carbocycles. The third kappa shape index (κ3) is 4.15. The summed E-state index contributed by atoms with van der Waals surface area (Å²) in [6.07, 6.45) is 0.00702. The van der Waals surface area contributed by atoms with Gasteiger partial charge in [-0.05, 0) is 35.4 Å². The maximum absolute atomic E-state index is 10.6. The van der Waals surface area contributed by atoms with Gasteiger partial charge in [0.2, 0.25) is 0 Å². The van der Waals surface area contributed by atoms with Gasteiger partial charge in [-0.15, -0.1) is 0 Å². The third-order valence-corrected chi connectivity index (χ3v) is 3.41. The number of hydrogen-bond acceptors (Lipinski definition) is 2. The normalized spacial score (nSPS) is 10.3. The molecule has 0 saturated heterocycles. The number of carboxylic acids is 1. The highest BCUT2D eigenvalue weighted by atomic mass is 35.5. The number of benzene rings is 2. The van der Waals surface area contributed by atoms with Crippen LogP contribution >= 0.6 is 23.2 Å². The summed E-state index contributed by atoms with van der Waals surface area (Å²) in [6.45, 7) is 0.370. The maximum Gasteiger partial charge on any atom is 0.307 e. The Balaban J connectivity index is 1.96. The van der Waals surface area contributed by atoms with Crippen molar-refractivity contribution in [3.8, 4) is 5.75 Å². The monoisotopic (exact) mass is 310 g/mol. The van der Waals surface area contributed by atoms with Gasteiger partial charge in [-0.25, -0.2) is 0 Å². The molecule has 0 aromatic heterocycles. The van der Waals surface area contributed by atoms with Crippen LogP contribution in [0.5, 0.6) is 5.75 Å². The maximum atomic E-state index is 10.6. The molecule has 2 aromatic carbocycles. The summed E-state index contributed by atoms with van der Waals surface area (Å²) in [7, 11) is 0. The molecule has 0 spiro atoms. The molecule has 5 heteroatoms. The van der Waals surface area contributed by atoms with Crippen LogP contribution in [-0.2, 0) is 17.8 Å². The first-order valence-electron chi connectivity index (χ1n) is 5.92. The van der Waals surface area contributed by atoms with Gasteiger partial charge in [-0.2, -0.15) is 0 Å². The number of hydrogen-bond donors (Lipinski definition) is 1. The molecule has 0 fully saturated rings. The first-order chi connectivity index (χ1) is 9.54. The number of halogens is 2. The van der Waals surface area contributed by atoms with Crippen molar-refractivity contribution >= 4 is 29.2 Å². The minimum absolute atomic E-state index is 0.00702. The molecule has 1 N–H and O–H groups in total. The summed E-state index contributed by atoms with van der Waals surface area (Å²) in [6, 6.07) is 12.3. The standard InChI is InChI=1S/C15H12Cl2O3/c16-13-6-3-11(7-14(13)17)9-20-12-4-1-10(2-5-12)8-15(18)19/h1-7H,8-9H2,(H,18,19). The zero-order valence-corrected chi connectivity index (χ0v) is 12.0. The molecule has 104 valence electrons. The Bertz CT molecular complexity index is 609. The molecule has 0 aliphatic carbocycles. The number of carboxylic acid groups (broad SMARTS) is 1. The summed E-state index contributed by atoms with van der Waals surface area (Å²) >= 11 is 11.8. The average molecular weight is 311 g/mol. The van der Waals surface area contributed by atoms with Gasteiger partial charge in [-0.3, -0.25) is 4.79 Å². The number of ether oxygens (including phenoxy) is 1. The van der Waals surface area contributed by atoms with Gasteiger partial charge in [0.05, 0.1) is 16.5 Å². The van der Waals surface area contributed by atoms with E-state index in [0.29, 0.717) is 22.4 Å². The minimum atomic E-state index is -0.852. The van der Waals surface area contributed by atoms with Crippen LogP contribution in [0.4, 0.5) is 0 Å². The Hall–Kier alpha value is -1.71. The van der Waals surface area contributed by atoms with Crippen molar-refractivity contribution in [1.29, 1.82) is 0 Å². The molecule has 0 aliphatic heterocycles. The van der Waals surface area contributed by atoms with Crippen molar-refractivity contribution < 1.29 is 14.6 Å². The zero-order valence-electron chi connectivity index (χ0n) is 10.5. The van der Waals surface area contributed by atoms with Gasteiger partial charge >= 0.3 is 5.97 Å². The predicted molar refractivity (Wildman–Crippen MR) is 78.6 cm³/mol. The lowest BCUT2D eigenvalue weighted by molar-refractivity contribution is -0.136. The Morgan fingerprint density at radius 2 is 1.65 bits per heavy atom. The van der Waals surface area contributed by atoms with Crippen molar-refractivity contribution in [3.05, 3.63) is 63.6 Å². The van der Waals surface area contributed by atoms with Crippen LogP contribution in [-0.4, -0.2) is 11.1 Å². The van der Waals surface area contributed by atoms with Crippen LogP contribution in [0.1, 0.15) is 11.1 Å². The zero-order chi connectivity index (χ0) is 14.5. The van der Waals surface area contributed by atoms with E-state index in [1.165, 1.54) is 0 Å². The van der Waals surface area contributed by atoms with E-state index in [-0.39, 0.29) is 6.42 Å². The lowest BCUT2D eigenvalue weighted by atomic mass is 10.1. The Morgan fingerprint density at radius 3 is 2.25 bits per heavy atom.